The number of likely N-dealkylation sites (tertiary alicyclic amines) is 1. The molecule has 0 aliphatic carbocycles. The first-order chi connectivity index (χ1) is 4.70. The molecule has 0 N–H and O–H groups in total. The molecule has 0 aromatic heterocycles. The number of carbonyl (C=O) groups is 1. The first-order valence-electron chi connectivity index (χ1n) is 3.62. The molecule has 10 heavy (non-hydrogen) atoms. The Balaban J connectivity index is 2.20. The summed E-state index contributed by atoms with van der Waals surface area (Å²) in [5.74, 6) is 0.260. The van der Waals surface area contributed by atoms with E-state index in [1.54, 1.807) is 0 Å². The van der Waals surface area contributed by atoms with Crippen LogP contribution in [0.3, 0.4) is 0 Å². The van der Waals surface area contributed by atoms with Crippen molar-refractivity contribution in [3.63, 3.8) is 0 Å². The van der Waals surface area contributed by atoms with Crippen LogP contribution in [-0.4, -0.2) is 49.4 Å². The Morgan fingerprint density at radius 2 is 2.10 bits per heavy atom. The average molecular weight is 142 g/mol. The molecular formula is C7H14N2O. The molecule has 1 heterocycles. The quantitative estimate of drug-likeness (QED) is 0.532. The van der Waals surface area contributed by atoms with Crippen molar-refractivity contribution in [1.82, 2.24) is 9.80 Å². The number of amides is 1. The van der Waals surface area contributed by atoms with Gasteiger partial charge < -0.3 is 9.80 Å². The second kappa shape index (κ2) is 3.01. The molecule has 1 fully saturated rings. The number of hydrogen-bond acceptors (Lipinski definition) is 2. The molecule has 0 radical (unpaired) electrons. The van der Waals surface area contributed by atoms with Crippen molar-refractivity contribution in [2.45, 2.75) is 6.42 Å². The van der Waals surface area contributed by atoms with Gasteiger partial charge in [0.05, 0.1) is 6.54 Å². The lowest BCUT2D eigenvalue weighted by Gasteiger charge is -2.31. The summed E-state index contributed by atoms with van der Waals surface area (Å²) in [7, 11) is 3.83. The largest absolute Gasteiger partial charge is 0.341 e. The second-order valence-electron chi connectivity index (χ2n) is 2.97. The van der Waals surface area contributed by atoms with Crippen LogP contribution in [0, 0.1) is 0 Å². The van der Waals surface area contributed by atoms with Crippen LogP contribution in [0.5, 0.6) is 0 Å². The van der Waals surface area contributed by atoms with Gasteiger partial charge in [-0.1, -0.05) is 0 Å². The Kier molecular flexibility index (Phi) is 2.27. The fourth-order valence-corrected chi connectivity index (χ4v) is 0.936. The minimum Gasteiger partial charge on any atom is -0.341 e. The molecule has 58 valence electrons. The summed E-state index contributed by atoms with van der Waals surface area (Å²) >= 11 is 0. The molecule has 1 aliphatic heterocycles. The molecule has 1 rings (SSSR count). The molecule has 1 amide bonds. The van der Waals surface area contributed by atoms with Gasteiger partial charge >= 0.3 is 0 Å². The maximum absolute atomic E-state index is 11.1. The Hall–Kier alpha value is -0.570. The topological polar surface area (TPSA) is 23.6 Å². The number of rotatable bonds is 2. The van der Waals surface area contributed by atoms with Crippen LogP contribution >= 0.6 is 0 Å². The third kappa shape index (κ3) is 1.70. The van der Waals surface area contributed by atoms with E-state index in [4.69, 9.17) is 0 Å². The summed E-state index contributed by atoms with van der Waals surface area (Å²) in [6.07, 6.45) is 1.18. The summed E-state index contributed by atoms with van der Waals surface area (Å²) in [4.78, 5) is 14.9. The van der Waals surface area contributed by atoms with Gasteiger partial charge in [-0.15, -0.1) is 0 Å². The second-order valence-corrected chi connectivity index (χ2v) is 2.97. The van der Waals surface area contributed by atoms with Crippen LogP contribution in [0.25, 0.3) is 0 Å². The monoisotopic (exact) mass is 142 g/mol. The van der Waals surface area contributed by atoms with Crippen LogP contribution in [0.1, 0.15) is 6.42 Å². The van der Waals surface area contributed by atoms with E-state index >= 15 is 0 Å². The Morgan fingerprint density at radius 3 is 2.40 bits per heavy atom. The first-order valence-corrected chi connectivity index (χ1v) is 3.62. The molecular weight excluding hydrogens is 128 g/mol. The van der Waals surface area contributed by atoms with Crippen LogP contribution in [0.15, 0.2) is 0 Å². The van der Waals surface area contributed by atoms with Crippen LogP contribution in [-0.2, 0) is 4.79 Å². The zero-order valence-electron chi connectivity index (χ0n) is 6.63. The van der Waals surface area contributed by atoms with Crippen LogP contribution in [0.4, 0.5) is 0 Å². The molecule has 1 aliphatic rings. The summed E-state index contributed by atoms with van der Waals surface area (Å²) in [5.41, 5.74) is 0. The number of nitrogens with zero attached hydrogens (tertiary/aromatic N) is 2. The average Bonchev–Trinajstić information content (AvgIpc) is 1.55. The van der Waals surface area contributed by atoms with Gasteiger partial charge in [0.1, 0.15) is 0 Å². The lowest BCUT2D eigenvalue weighted by Crippen LogP contribution is -2.45. The van der Waals surface area contributed by atoms with Crippen molar-refractivity contribution < 1.29 is 4.79 Å². The fraction of sp³-hybridized carbons (Fsp3) is 0.857. The molecule has 0 aromatic carbocycles. The predicted octanol–water partition coefficient (Wildman–Crippen LogP) is -0.220. The molecule has 0 unspecified atom stereocenters. The molecule has 0 bridgehead atoms. The minimum atomic E-state index is 0.260. The van der Waals surface area contributed by atoms with E-state index in [1.807, 2.05) is 23.9 Å². The fourth-order valence-electron chi connectivity index (χ4n) is 0.936. The highest BCUT2D eigenvalue weighted by Gasteiger charge is 2.19. The Bertz CT molecular complexity index is 130. The maximum Gasteiger partial charge on any atom is 0.236 e. The van der Waals surface area contributed by atoms with Gasteiger partial charge in [-0.05, 0) is 20.5 Å². The third-order valence-corrected chi connectivity index (χ3v) is 1.66. The highest BCUT2D eigenvalue weighted by molar-refractivity contribution is 5.78. The molecule has 3 heteroatoms. The molecule has 0 atom stereocenters. The van der Waals surface area contributed by atoms with Gasteiger partial charge in [0.15, 0.2) is 0 Å². The summed E-state index contributed by atoms with van der Waals surface area (Å²) in [5, 5.41) is 0. The molecule has 0 aromatic rings. The van der Waals surface area contributed by atoms with Gasteiger partial charge in [-0.25, -0.2) is 0 Å². The number of likely N-dealkylation sites (N-methyl/N-ethyl adjacent to an activating group) is 1. The minimum absolute atomic E-state index is 0.260. The highest BCUT2D eigenvalue weighted by Crippen LogP contribution is 2.05. The van der Waals surface area contributed by atoms with E-state index in [1.165, 1.54) is 6.42 Å². The van der Waals surface area contributed by atoms with Gasteiger partial charge in [-0.3, -0.25) is 4.79 Å². The first kappa shape index (κ1) is 7.54. The van der Waals surface area contributed by atoms with E-state index in [2.05, 4.69) is 0 Å². The summed E-state index contributed by atoms with van der Waals surface area (Å²) < 4.78 is 0. The predicted molar refractivity (Wildman–Crippen MR) is 39.8 cm³/mol. The smallest absolute Gasteiger partial charge is 0.236 e. The van der Waals surface area contributed by atoms with E-state index in [9.17, 15) is 4.79 Å². The van der Waals surface area contributed by atoms with Crippen molar-refractivity contribution in [3.05, 3.63) is 0 Å². The zero-order chi connectivity index (χ0) is 7.56. The lowest BCUT2D eigenvalue weighted by molar-refractivity contribution is -0.135. The van der Waals surface area contributed by atoms with Gasteiger partial charge in [0.25, 0.3) is 0 Å². The SMILES string of the molecule is CN(C)CC(=O)N1CCC1. The molecule has 3 nitrogen and oxygen atoms in total. The lowest BCUT2D eigenvalue weighted by atomic mass is 10.2. The maximum atomic E-state index is 11.1. The standard InChI is InChI=1S/C7H14N2O/c1-8(2)6-7(10)9-4-3-5-9/h3-6H2,1-2H3. The molecule has 1 saturated heterocycles. The third-order valence-electron chi connectivity index (χ3n) is 1.66. The number of carbonyl (C=O) groups excluding carboxylic acids is 1. The highest BCUT2D eigenvalue weighted by atomic mass is 16.2. The Morgan fingerprint density at radius 1 is 1.50 bits per heavy atom. The molecule has 0 saturated carbocycles. The summed E-state index contributed by atoms with van der Waals surface area (Å²) in [6, 6.07) is 0. The van der Waals surface area contributed by atoms with Crippen molar-refractivity contribution in [3.8, 4) is 0 Å². The van der Waals surface area contributed by atoms with E-state index in [-0.39, 0.29) is 5.91 Å². The van der Waals surface area contributed by atoms with Crippen molar-refractivity contribution in [2.75, 3.05) is 33.7 Å². The van der Waals surface area contributed by atoms with Gasteiger partial charge in [0, 0.05) is 13.1 Å². The summed E-state index contributed by atoms with van der Waals surface area (Å²) in [6.45, 7) is 2.49. The van der Waals surface area contributed by atoms with E-state index in [0.717, 1.165) is 13.1 Å². The van der Waals surface area contributed by atoms with Crippen molar-refractivity contribution in [2.24, 2.45) is 0 Å². The van der Waals surface area contributed by atoms with E-state index < -0.39 is 0 Å². The zero-order valence-corrected chi connectivity index (χ0v) is 6.63. The normalized spacial score (nSPS) is 17.3. The van der Waals surface area contributed by atoms with Crippen LogP contribution < -0.4 is 0 Å². The van der Waals surface area contributed by atoms with Gasteiger partial charge in [0.2, 0.25) is 5.91 Å². The van der Waals surface area contributed by atoms with Crippen LogP contribution in [0.2, 0.25) is 0 Å². The number of hydrogen-bond donors (Lipinski definition) is 0. The van der Waals surface area contributed by atoms with Crippen molar-refractivity contribution >= 4 is 5.91 Å². The van der Waals surface area contributed by atoms with Gasteiger partial charge in [-0.2, -0.15) is 0 Å². The van der Waals surface area contributed by atoms with E-state index in [0.29, 0.717) is 6.54 Å². The Labute approximate surface area is 61.6 Å². The molecule has 0 spiro atoms. The van der Waals surface area contributed by atoms with Crippen molar-refractivity contribution in [1.29, 1.82) is 0 Å².